The Morgan fingerprint density at radius 2 is 1.21 bits per heavy atom. The van der Waals surface area contributed by atoms with Crippen LogP contribution in [0.1, 0.15) is 21.5 Å². The van der Waals surface area contributed by atoms with Crippen LogP contribution in [-0.2, 0) is 14.7 Å². The topological polar surface area (TPSA) is 75.9 Å². The molecule has 5 nitrogen and oxygen atoms in total. The average molecular weight is 455 g/mol. The largest absolute Gasteiger partial charge is 0.290 e. The monoisotopic (exact) mass is 454 g/mol. The minimum atomic E-state index is -4.36. The van der Waals surface area contributed by atoms with Gasteiger partial charge in [-0.15, -0.1) is 0 Å². The van der Waals surface area contributed by atoms with Gasteiger partial charge in [-0.3, -0.25) is 4.79 Å². The van der Waals surface area contributed by atoms with E-state index in [1.54, 1.807) is 97.1 Å². The van der Waals surface area contributed by atoms with Gasteiger partial charge in [0.25, 0.3) is 4.87 Å². The molecule has 164 valence electrons. The Labute approximate surface area is 193 Å². The first-order valence-electron chi connectivity index (χ1n) is 10.4. The number of sulfone groups is 1. The van der Waals surface area contributed by atoms with Crippen LogP contribution in [0.2, 0.25) is 0 Å². The summed E-state index contributed by atoms with van der Waals surface area (Å²) in [6.07, 6.45) is 0. The van der Waals surface area contributed by atoms with Crippen molar-refractivity contribution in [2.75, 3.05) is 0 Å². The number of carbonyl (C=O) groups is 1. The molecule has 33 heavy (non-hydrogen) atoms. The van der Waals surface area contributed by atoms with Gasteiger partial charge in [0.1, 0.15) is 0 Å². The van der Waals surface area contributed by atoms with Gasteiger partial charge in [0, 0.05) is 11.1 Å². The molecule has 1 atom stereocenters. The van der Waals surface area contributed by atoms with Crippen molar-refractivity contribution in [3.8, 4) is 0 Å². The van der Waals surface area contributed by atoms with Crippen molar-refractivity contribution in [1.29, 1.82) is 0 Å². The molecule has 4 aromatic carbocycles. The van der Waals surface area contributed by atoms with Crippen LogP contribution in [0.15, 0.2) is 130 Å². The van der Waals surface area contributed by atoms with Crippen molar-refractivity contribution < 1.29 is 13.2 Å². The van der Waals surface area contributed by atoms with Crippen LogP contribution in [0, 0.1) is 6.92 Å². The second-order valence-corrected chi connectivity index (χ2v) is 9.63. The number of carbonyl (C=O) groups excluding carboxylic acids is 1. The van der Waals surface area contributed by atoms with Gasteiger partial charge in [0.05, 0.1) is 10.6 Å². The second-order valence-electron chi connectivity index (χ2n) is 7.56. The molecular formula is C27H22N2O3S. The highest BCUT2D eigenvalue weighted by molar-refractivity contribution is 7.93. The van der Waals surface area contributed by atoms with Gasteiger partial charge >= 0.3 is 0 Å². The smallest absolute Gasteiger partial charge is 0.273 e. The van der Waals surface area contributed by atoms with E-state index in [2.05, 4.69) is 10.2 Å². The molecule has 1 unspecified atom stereocenters. The normalized spacial score (nSPS) is 13.5. The van der Waals surface area contributed by atoms with Crippen LogP contribution < -0.4 is 0 Å². The number of hydrogen-bond donors (Lipinski definition) is 0. The van der Waals surface area contributed by atoms with Gasteiger partial charge in [-0.1, -0.05) is 96.6 Å². The maximum absolute atomic E-state index is 14.2. The van der Waals surface area contributed by atoms with Crippen molar-refractivity contribution in [3.63, 3.8) is 0 Å². The van der Waals surface area contributed by atoms with Crippen LogP contribution in [-0.4, -0.2) is 14.2 Å². The Kier molecular flexibility index (Phi) is 6.29. The van der Waals surface area contributed by atoms with E-state index in [1.165, 1.54) is 12.1 Å². The van der Waals surface area contributed by atoms with Crippen LogP contribution in [0.5, 0.6) is 0 Å². The molecule has 0 amide bonds. The van der Waals surface area contributed by atoms with Crippen molar-refractivity contribution in [2.24, 2.45) is 10.2 Å². The summed E-state index contributed by atoms with van der Waals surface area (Å²) in [5, 5.41) is 8.57. The number of azo groups is 1. The first-order valence-corrected chi connectivity index (χ1v) is 11.9. The summed E-state index contributed by atoms with van der Waals surface area (Å²) in [5.74, 6) is -0.672. The summed E-state index contributed by atoms with van der Waals surface area (Å²) < 4.78 is 28.5. The molecule has 0 spiro atoms. The van der Waals surface area contributed by atoms with Crippen molar-refractivity contribution in [1.82, 2.24) is 0 Å². The number of rotatable bonds is 7. The molecule has 0 aliphatic heterocycles. The van der Waals surface area contributed by atoms with Gasteiger partial charge in [0.15, 0.2) is 0 Å². The number of Topliss-reactive ketones (excluding diaryl/α,β-unsaturated/α-hetero) is 1. The lowest BCUT2D eigenvalue weighted by atomic mass is 9.97. The van der Waals surface area contributed by atoms with E-state index in [0.29, 0.717) is 5.69 Å². The molecule has 4 rings (SSSR count). The van der Waals surface area contributed by atoms with Crippen LogP contribution in [0.25, 0.3) is 0 Å². The fourth-order valence-electron chi connectivity index (χ4n) is 3.53. The van der Waals surface area contributed by atoms with E-state index in [4.69, 9.17) is 0 Å². The zero-order valence-electron chi connectivity index (χ0n) is 18.0. The molecule has 4 aromatic rings. The first-order chi connectivity index (χ1) is 15.9. The van der Waals surface area contributed by atoms with Gasteiger partial charge in [0.2, 0.25) is 15.6 Å². The number of benzene rings is 4. The molecule has 0 aliphatic carbocycles. The third-order valence-electron chi connectivity index (χ3n) is 5.29. The average Bonchev–Trinajstić information content (AvgIpc) is 2.86. The third kappa shape index (κ3) is 4.25. The fourth-order valence-corrected chi connectivity index (χ4v) is 5.32. The Hall–Kier alpha value is -3.90. The highest BCUT2D eigenvalue weighted by Gasteiger charge is 2.54. The van der Waals surface area contributed by atoms with E-state index in [9.17, 15) is 13.2 Å². The predicted molar refractivity (Wildman–Crippen MR) is 128 cm³/mol. The highest BCUT2D eigenvalue weighted by atomic mass is 32.2. The zero-order chi connectivity index (χ0) is 23.3. The van der Waals surface area contributed by atoms with Gasteiger partial charge in [-0.2, -0.15) is 10.2 Å². The van der Waals surface area contributed by atoms with Crippen LogP contribution in [0.3, 0.4) is 0 Å². The van der Waals surface area contributed by atoms with E-state index < -0.39 is 20.5 Å². The number of nitrogens with zero attached hydrogens (tertiary/aromatic N) is 2. The van der Waals surface area contributed by atoms with Crippen LogP contribution >= 0.6 is 0 Å². The standard InChI is InChI=1S/C27H22N2O3S/c1-21-17-19-25(20-18-21)33(31,32)27(23-13-7-3-8-14-23,26(30)22-11-5-2-6-12-22)29-28-24-15-9-4-10-16-24/h2-20H,1H3. The molecule has 0 bridgehead atoms. The van der Waals surface area contributed by atoms with Crippen molar-refractivity contribution >= 4 is 21.3 Å². The number of aryl methyl sites for hydroxylation is 1. The van der Waals surface area contributed by atoms with Gasteiger partial charge in [-0.25, -0.2) is 8.42 Å². The second kappa shape index (κ2) is 9.30. The Balaban J connectivity index is 2.04. The maximum Gasteiger partial charge on any atom is 0.273 e. The molecule has 0 aromatic heterocycles. The molecule has 0 aliphatic rings. The maximum atomic E-state index is 14.2. The lowest BCUT2D eigenvalue weighted by molar-refractivity contribution is 0.0936. The molecule has 0 radical (unpaired) electrons. The number of hydrogen-bond acceptors (Lipinski definition) is 5. The summed E-state index contributed by atoms with van der Waals surface area (Å²) in [5.41, 5.74) is 1.79. The lowest BCUT2D eigenvalue weighted by Crippen LogP contribution is -2.42. The molecule has 0 N–H and O–H groups in total. The predicted octanol–water partition coefficient (Wildman–Crippen LogP) is 6.29. The Morgan fingerprint density at radius 3 is 1.79 bits per heavy atom. The fraction of sp³-hybridized carbons (Fsp3) is 0.0741. The van der Waals surface area contributed by atoms with Gasteiger partial charge < -0.3 is 0 Å². The van der Waals surface area contributed by atoms with E-state index in [1.807, 2.05) is 13.0 Å². The molecule has 0 saturated carbocycles. The Bertz CT molecular complexity index is 1370. The molecule has 0 heterocycles. The molecule has 0 saturated heterocycles. The SMILES string of the molecule is Cc1ccc(S(=O)(=O)C(N=Nc2ccccc2)(C(=O)c2ccccc2)c2ccccc2)cc1. The molecular weight excluding hydrogens is 432 g/mol. The van der Waals surface area contributed by atoms with E-state index in [-0.39, 0.29) is 16.0 Å². The minimum absolute atomic E-state index is 0.00625. The lowest BCUT2D eigenvalue weighted by Gasteiger charge is -2.28. The van der Waals surface area contributed by atoms with Crippen molar-refractivity contribution in [3.05, 3.63) is 132 Å². The Morgan fingerprint density at radius 1 is 0.697 bits per heavy atom. The summed E-state index contributed by atoms with van der Waals surface area (Å²) in [6, 6.07) is 31.8. The van der Waals surface area contributed by atoms with E-state index >= 15 is 0 Å². The minimum Gasteiger partial charge on any atom is -0.290 e. The number of ketones is 1. The van der Waals surface area contributed by atoms with Crippen LogP contribution in [0.4, 0.5) is 5.69 Å². The zero-order valence-corrected chi connectivity index (χ0v) is 18.8. The summed E-state index contributed by atoms with van der Waals surface area (Å²) in [4.78, 5) is 11.7. The summed E-state index contributed by atoms with van der Waals surface area (Å²) >= 11 is 0. The van der Waals surface area contributed by atoms with Crippen molar-refractivity contribution in [2.45, 2.75) is 16.7 Å². The highest BCUT2D eigenvalue weighted by Crippen LogP contribution is 2.41. The summed E-state index contributed by atoms with van der Waals surface area (Å²) in [7, 11) is -4.36. The molecule has 0 fully saturated rings. The molecule has 6 heteroatoms. The quantitative estimate of drug-likeness (QED) is 0.243. The summed E-state index contributed by atoms with van der Waals surface area (Å²) in [6.45, 7) is 1.87. The van der Waals surface area contributed by atoms with E-state index in [0.717, 1.165) is 5.56 Å². The van der Waals surface area contributed by atoms with Gasteiger partial charge in [-0.05, 0) is 31.2 Å². The first kappa shape index (κ1) is 22.3. The third-order valence-corrected chi connectivity index (χ3v) is 7.46.